The Morgan fingerprint density at radius 1 is 0.655 bits per heavy atom. The fourth-order valence-electron chi connectivity index (χ4n) is 2.99. The summed E-state index contributed by atoms with van der Waals surface area (Å²) in [4.78, 5) is 44.4. The topological polar surface area (TPSA) is 128 Å². The normalized spacial score (nSPS) is 24.1. The van der Waals surface area contributed by atoms with Crippen LogP contribution in [0.4, 0.5) is 11.9 Å². The summed E-state index contributed by atoms with van der Waals surface area (Å²) in [5, 5.41) is 0. The van der Waals surface area contributed by atoms with Crippen LogP contribution in [0.15, 0.2) is 42.3 Å². The Morgan fingerprint density at radius 2 is 1.07 bits per heavy atom. The Hall–Kier alpha value is -2.87. The SMILES string of the molecule is CC1(C)C2=N/C(=N\c3ncc([n-]3)C(C)(C)C3=N/C(=N\c4ncc1[n-]4)C=N3)C=N2.[Pt+2]. The van der Waals surface area contributed by atoms with Crippen LogP contribution in [0.1, 0.15) is 39.1 Å². The number of nitrogens with zero attached hydrogens (tertiary/aromatic N) is 10. The van der Waals surface area contributed by atoms with Gasteiger partial charge in [-0.05, 0) is 51.5 Å². The third kappa shape index (κ3) is 3.17. The van der Waals surface area contributed by atoms with E-state index in [9.17, 15) is 0 Å². The van der Waals surface area contributed by atoms with Crippen molar-refractivity contribution in [3.8, 4) is 0 Å². The largest absolute Gasteiger partial charge is 2.00 e. The molecule has 0 amide bonds. The number of fused-ring (bicyclic) bond motifs is 6. The van der Waals surface area contributed by atoms with Crippen molar-refractivity contribution in [2.45, 2.75) is 38.5 Å². The summed E-state index contributed by atoms with van der Waals surface area (Å²) in [6, 6.07) is 0. The molecule has 0 radical (unpaired) electrons. The van der Waals surface area contributed by atoms with Gasteiger partial charge in [-0.1, -0.05) is 0 Å². The summed E-state index contributed by atoms with van der Waals surface area (Å²) >= 11 is 0. The first kappa shape index (κ1) is 19.4. The molecule has 0 unspecified atom stereocenters. The second-order valence-corrected chi connectivity index (χ2v) is 7.69. The Balaban J connectivity index is 0.00000205. The number of hydrogen-bond donors (Lipinski definition) is 0. The van der Waals surface area contributed by atoms with E-state index in [0.717, 1.165) is 0 Å². The molecule has 0 aromatic carbocycles. The molecule has 5 heterocycles. The van der Waals surface area contributed by atoms with Crippen molar-refractivity contribution >= 4 is 47.7 Å². The van der Waals surface area contributed by atoms with Crippen LogP contribution in [-0.4, -0.2) is 45.7 Å². The fraction of sp³-hybridized carbons (Fsp3) is 0.333. The molecule has 3 aliphatic rings. The third-order valence-electron chi connectivity index (χ3n) is 4.92. The molecule has 2 aromatic heterocycles. The molecule has 0 aliphatic carbocycles. The maximum atomic E-state index is 4.53. The quantitative estimate of drug-likeness (QED) is 0.480. The van der Waals surface area contributed by atoms with E-state index in [0.29, 0.717) is 46.6 Å². The smallest absolute Gasteiger partial charge is 0.366 e. The first-order valence-electron chi connectivity index (χ1n) is 8.77. The summed E-state index contributed by atoms with van der Waals surface area (Å²) in [6.07, 6.45) is 6.56. The van der Waals surface area contributed by atoms with Crippen LogP contribution in [0.2, 0.25) is 0 Å². The maximum absolute atomic E-state index is 4.53. The molecule has 3 aliphatic heterocycles. The van der Waals surface area contributed by atoms with Crippen LogP contribution in [0.25, 0.3) is 0 Å². The van der Waals surface area contributed by atoms with Gasteiger partial charge in [0.2, 0.25) is 0 Å². The van der Waals surface area contributed by atoms with Gasteiger partial charge in [0.25, 0.3) is 0 Å². The molecule has 0 N–H and O–H groups in total. The van der Waals surface area contributed by atoms with Crippen LogP contribution in [0.5, 0.6) is 0 Å². The van der Waals surface area contributed by atoms with Gasteiger partial charge in [0, 0.05) is 11.9 Å². The van der Waals surface area contributed by atoms with E-state index in [1.54, 1.807) is 24.8 Å². The Bertz CT molecular complexity index is 1080. The van der Waals surface area contributed by atoms with E-state index < -0.39 is 10.8 Å². The van der Waals surface area contributed by atoms with Gasteiger partial charge in [-0.15, -0.1) is 0 Å². The number of amidine groups is 4. The molecule has 2 aromatic rings. The molecular formula is C18H16N10Pt. The van der Waals surface area contributed by atoms with Gasteiger partial charge in [0.15, 0.2) is 0 Å². The zero-order valence-electron chi connectivity index (χ0n) is 16.1. The Labute approximate surface area is 180 Å². The van der Waals surface area contributed by atoms with Crippen LogP contribution >= 0.6 is 0 Å². The molecule has 0 saturated heterocycles. The number of aliphatic imine (C=N–C) groups is 6. The maximum Gasteiger partial charge on any atom is 2.00 e. The van der Waals surface area contributed by atoms with Gasteiger partial charge >= 0.3 is 21.1 Å². The van der Waals surface area contributed by atoms with E-state index in [1.165, 1.54) is 0 Å². The molecule has 8 bridgehead atoms. The van der Waals surface area contributed by atoms with Crippen LogP contribution in [0.3, 0.4) is 0 Å². The molecule has 148 valence electrons. The van der Waals surface area contributed by atoms with Gasteiger partial charge in [-0.25, -0.2) is 20.0 Å². The first-order valence-corrected chi connectivity index (χ1v) is 8.77. The van der Waals surface area contributed by atoms with Crippen molar-refractivity contribution in [1.82, 2.24) is 19.9 Å². The van der Waals surface area contributed by atoms with E-state index in [4.69, 9.17) is 0 Å². The molecule has 0 fully saturated rings. The summed E-state index contributed by atoms with van der Waals surface area (Å²) < 4.78 is 0. The Kier molecular flexibility index (Phi) is 4.42. The minimum Gasteiger partial charge on any atom is -0.366 e. The zero-order valence-corrected chi connectivity index (χ0v) is 18.4. The van der Waals surface area contributed by atoms with Crippen LogP contribution < -0.4 is 9.97 Å². The molecule has 5 rings (SSSR count). The van der Waals surface area contributed by atoms with Gasteiger partial charge in [-0.3, -0.25) is 0 Å². The summed E-state index contributed by atoms with van der Waals surface area (Å²) in [5.74, 6) is 2.72. The van der Waals surface area contributed by atoms with Gasteiger partial charge in [0.05, 0.1) is 23.3 Å². The third-order valence-corrected chi connectivity index (χ3v) is 4.92. The molecule has 29 heavy (non-hydrogen) atoms. The average Bonchev–Trinajstić information content (AvgIpc) is 3.42. The Morgan fingerprint density at radius 3 is 1.48 bits per heavy atom. The molecule has 0 saturated carbocycles. The van der Waals surface area contributed by atoms with Crippen LogP contribution in [0, 0.1) is 0 Å². The van der Waals surface area contributed by atoms with Crippen LogP contribution in [-0.2, 0) is 31.9 Å². The summed E-state index contributed by atoms with van der Waals surface area (Å²) in [5.41, 5.74) is 0.299. The number of hydrogen-bond acceptors (Lipinski definition) is 8. The van der Waals surface area contributed by atoms with Crippen molar-refractivity contribution in [3.63, 3.8) is 0 Å². The second kappa shape index (κ2) is 6.59. The van der Waals surface area contributed by atoms with Crippen molar-refractivity contribution in [2.24, 2.45) is 30.0 Å². The standard InChI is InChI=1S/C18H16N10.Pt/c1-17(2)9-5-21-15(23-9)28-12-8-20-14(26-12)18(3,4)10-6-22-16(24-10)27-11-7-19-13(17)25-11;/h5-8H,1-4H3;/q-2;+2/b27-11-,28-12-;. The van der Waals surface area contributed by atoms with Gasteiger partial charge in [0.1, 0.15) is 23.3 Å². The van der Waals surface area contributed by atoms with Gasteiger partial charge < -0.3 is 29.9 Å². The number of rotatable bonds is 0. The molecule has 11 heteroatoms. The number of aromatic nitrogens is 4. The first-order chi connectivity index (χ1) is 13.3. The second-order valence-electron chi connectivity index (χ2n) is 7.69. The fourth-order valence-corrected chi connectivity index (χ4v) is 2.99. The van der Waals surface area contributed by atoms with Crippen molar-refractivity contribution in [2.75, 3.05) is 0 Å². The van der Waals surface area contributed by atoms with E-state index in [-0.39, 0.29) is 21.1 Å². The van der Waals surface area contributed by atoms with E-state index in [2.05, 4.69) is 49.9 Å². The summed E-state index contributed by atoms with van der Waals surface area (Å²) in [7, 11) is 0. The summed E-state index contributed by atoms with van der Waals surface area (Å²) in [6.45, 7) is 7.90. The van der Waals surface area contributed by atoms with E-state index >= 15 is 0 Å². The molecule has 0 atom stereocenters. The monoisotopic (exact) mass is 567 g/mol. The van der Waals surface area contributed by atoms with Gasteiger partial charge in [-0.2, -0.15) is 0 Å². The zero-order chi connectivity index (χ0) is 19.5. The molecular weight excluding hydrogens is 551 g/mol. The predicted octanol–water partition coefficient (Wildman–Crippen LogP) is 1.68. The molecule has 0 spiro atoms. The predicted molar refractivity (Wildman–Crippen MR) is 107 cm³/mol. The minimum atomic E-state index is -0.561. The van der Waals surface area contributed by atoms with Crippen molar-refractivity contribution in [3.05, 3.63) is 23.8 Å². The minimum absolute atomic E-state index is 0. The van der Waals surface area contributed by atoms with E-state index in [1.807, 2.05) is 27.7 Å². The van der Waals surface area contributed by atoms with Crippen molar-refractivity contribution < 1.29 is 21.1 Å². The average molecular weight is 567 g/mol. The number of imidazole rings is 2. The van der Waals surface area contributed by atoms with Crippen molar-refractivity contribution in [1.29, 1.82) is 0 Å². The molecule has 10 nitrogen and oxygen atoms in total.